The summed E-state index contributed by atoms with van der Waals surface area (Å²) in [5.74, 6) is 1.34. The molecule has 202 valence electrons. The maximum absolute atomic E-state index is 13.5. The molecule has 1 saturated heterocycles. The van der Waals surface area contributed by atoms with Crippen molar-refractivity contribution in [1.82, 2.24) is 4.90 Å². The van der Waals surface area contributed by atoms with Gasteiger partial charge in [0.1, 0.15) is 12.7 Å². The molecule has 1 amide bonds. The summed E-state index contributed by atoms with van der Waals surface area (Å²) in [7, 11) is 3.21. The lowest BCUT2D eigenvalue weighted by atomic mass is 9.89. The Bertz CT molecular complexity index is 1230. The molecule has 0 aromatic heterocycles. The normalized spacial score (nSPS) is 18.5. The molecule has 0 radical (unpaired) electrons. The van der Waals surface area contributed by atoms with Crippen molar-refractivity contribution >= 4 is 29.1 Å². The SMILES string of the molecule is COc1ccc(COCC(C(C)C)N2C(=O)COC(c3cccc(Cl)c3)C2c2ccc(Cl)cc2)cc1OC. The van der Waals surface area contributed by atoms with Crippen molar-refractivity contribution in [3.63, 3.8) is 0 Å². The minimum Gasteiger partial charge on any atom is -0.493 e. The Morgan fingerprint density at radius 2 is 1.66 bits per heavy atom. The molecule has 3 atom stereocenters. The van der Waals surface area contributed by atoms with Crippen molar-refractivity contribution in [3.8, 4) is 11.5 Å². The van der Waals surface area contributed by atoms with Gasteiger partial charge in [-0.15, -0.1) is 0 Å². The first-order valence-corrected chi connectivity index (χ1v) is 13.3. The zero-order chi connectivity index (χ0) is 27.2. The van der Waals surface area contributed by atoms with Crippen LogP contribution in [0, 0.1) is 5.92 Å². The fraction of sp³-hybridized carbons (Fsp3) is 0.367. The molecule has 0 spiro atoms. The number of methoxy groups -OCH3 is 2. The van der Waals surface area contributed by atoms with Gasteiger partial charge in [-0.25, -0.2) is 0 Å². The summed E-state index contributed by atoms with van der Waals surface area (Å²) in [6, 6.07) is 20.3. The second-order valence-corrected chi connectivity index (χ2v) is 10.5. The first kappa shape index (κ1) is 28.2. The van der Waals surface area contributed by atoms with Crippen molar-refractivity contribution < 1.29 is 23.7 Å². The summed E-state index contributed by atoms with van der Waals surface area (Å²) in [6.07, 6.45) is -0.403. The molecular weight excluding hydrogens is 525 g/mol. The summed E-state index contributed by atoms with van der Waals surface area (Å²) in [5.41, 5.74) is 2.78. The summed E-state index contributed by atoms with van der Waals surface area (Å²) in [4.78, 5) is 15.4. The quantitative estimate of drug-likeness (QED) is 0.271. The van der Waals surface area contributed by atoms with E-state index in [0.29, 0.717) is 34.8 Å². The lowest BCUT2D eigenvalue weighted by molar-refractivity contribution is -0.168. The van der Waals surface area contributed by atoms with E-state index in [-0.39, 0.29) is 30.5 Å². The summed E-state index contributed by atoms with van der Waals surface area (Å²) in [5, 5.41) is 1.24. The highest BCUT2D eigenvalue weighted by Gasteiger charge is 2.43. The van der Waals surface area contributed by atoms with Crippen LogP contribution in [0.2, 0.25) is 10.0 Å². The molecule has 1 aliphatic rings. The Balaban J connectivity index is 1.63. The average molecular weight is 559 g/mol. The summed E-state index contributed by atoms with van der Waals surface area (Å²) >= 11 is 12.5. The highest BCUT2D eigenvalue weighted by atomic mass is 35.5. The van der Waals surface area contributed by atoms with E-state index in [1.54, 1.807) is 14.2 Å². The Hall–Kier alpha value is -2.77. The van der Waals surface area contributed by atoms with Gasteiger partial charge in [0.25, 0.3) is 0 Å². The second kappa shape index (κ2) is 12.9. The maximum Gasteiger partial charge on any atom is 0.249 e. The van der Waals surface area contributed by atoms with E-state index in [1.165, 1.54) is 0 Å². The number of nitrogens with zero attached hydrogens (tertiary/aromatic N) is 1. The molecule has 38 heavy (non-hydrogen) atoms. The van der Waals surface area contributed by atoms with Gasteiger partial charge in [-0.05, 0) is 59.0 Å². The van der Waals surface area contributed by atoms with Crippen LogP contribution in [0.1, 0.15) is 42.7 Å². The zero-order valence-electron chi connectivity index (χ0n) is 22.0. The van der Waals surface area contributed by atoms with Crippen LogP contribution in [0.3, 0.4) is 0 Å². The molecule has 6 nitrogen and oxygen atoms in total. The van der Waals surface area contributed by atoms with E-state index < -0.39 is 6.10 Å². The third kappa shape index (κ3) is 6.44. The zero-order valence-corrected chi connectivity index (χ0v) is 23.5. The van der Waals surface area contributed by atoms with Crippen molar-refractivity contribution in [2.24, 2.45) is 5.92 Å². The number of halogens is 2. The number of amides is 1. The van der Waals surface area contributed by atoms with E-state index in [1.807, 2.05) is 71.6 Å². The number of hydrogen-bond acceptors (Lipinski definition) is 5. The minimum atomic E-state index is -0.403. The predicted molar refractivity (Wildman–Crippen MR) is 149 cm³/mol. The van der Waals surface area contributed by atoms with Crippen molar-refractivity contribution in [3.05, 3.63) is 93.5 Å². The average Bonchev–Trinajstić information content (AvgIpc) is 2.91. The Morgan fingerprint density at radius 3 is 2.32 bits per heavy atom. The maximum atomic E-state index is 13.5. The van der Waals surface area contributed by atoms with E-state index in [2.05, 4.69) is 13.8 Å². The molecule has 0 N–H and O–H groups in total. The molecule has 8 heteroatoms. The van der Waals surface area contributed by atoms with Gasteiger partial charge in [0.15, 0.2) is 11.5 Å². The fourth-order valence-electron chi connectivity index (χ4n) is 4.84. The third-order valence-corrected chi connectivity index (χ3v) is 7.27. The number of ether oxygens (including phenoxy) is 4. The van der Waals surface area contributed by atoms with E-state index >= 15 is 0 Å². The Morgan fingerprint density at radius 1 is 0.921 bits per heavy atom. The Labute approximate surface area is 234 Å². The van der Waals surface area contributed by atoms with Gasteiger partial charge in [-0.3, -0.25) is 4.79 Å². The van der Waals surface area contributed by atoms with Crippen molar-refractivity contribution in [2.45, 2.75) is 38.6 Å². The molecule has 1 fully saturated rings. The number of carbonyl (C=O) groups excluding carboxylic acids is 1. The molecule has 3 unspecified atom stereocenters. The van der Waals surface area contributed by atoms with Crippen LogP contribution < -0.4 is 9.47 Å². The molecular formula is C30H33Cl2NO5. The number of morpholine rings is 1. The van der Waals surface area contributed by atoms with Crippen molar-refractivity contribution in [1.29, 1.82) is 0 Å². The van der Waals surface area contributed by atoms with Crippen LogP contribution in [-0.2, 0) is 20.9 Å². The standard InChI is InChI=1S/C30H33Cl2NO5/c1-19(2)25(17-37-16-20-8-13-26(35-3)27(14-20)36-4)33-28(34)18-38-30(22-6-5-7-24(32)15-22)29(33)21-9-11-23(31)12-10-21/h5-15,19,25,29-30H,16-18H2,1-4H3. The third-order valence-electron chi connectivity index (χ3n) is 6.78. The largest absolute Gasteiger partial charge is 0.493 e. The monoisotopic (exact) mass is 557 g/mol. The van der Waals surface area contributed by atoms with Gasteiger partial charge in [0.2, 0.25) is 5.91 Å². The molecule has 0 bridgehead atoms. The molecule has 0 saturated carbocycles. The lowest BCUT2D eigenvalue weighted by Crippen LogP contribution is -2.54. The van der Waals surface area contributed by atoms with Gasteiger partial charge in [-0.1, -0.05) is 67.4 Å². The smallest absolute Gasteiger partial charge is 0.249 e. The molecule has 3 aromatic rings. The van der Waals surface area contributed by atoms with Crippen LogP contribution in [0.25, 0.3) is 0 Å². The first-order chi connectivity index (χ1) is 18.3. The van der Waals surface area contributed by atoms with E-state index in [9.17, 15) is 4.79 Å². The highest BCUT2D eigenvalue weighted by molar-refractivity contribution is 6.30. The van der Waals surface area contributed by atoms with E-state index in [0.717, 1.165) is 16.7 Å². The van der Waals surface area contributed by atoms with Crippen molar-refractivity contribution in [2.75, 3.05) is 27.4 Å². The number of hydrogen-bond donors (Lipinski definition) is 0. The first-order valence-electron chi connectivity index (χ1n) is 12.5. The molecule has 0 aliphatic carbocycles. The van der Waals surface area contributed by atoms with Crippen LogP contribution in [-0.4, -0.2) is 44.3 Å². The summed E-state index contributed by atoms with van der Waals surface area (Å²) < 4.78 is 23.1. The van der Waals surface area contributed by atoms with Crippen LogP contribution in [0.5, 0.6) is 11.5 Å². The van der Waals surface area contributed by atoms with Gasteiger partial charge in [-0.2, -0.15) is 0 Å². The molecule has 4 rings (SSSR count). The van der Waals surface area contributed by atoms with E-state index in [4.69, 9.17) is 42.1 Å². The highest BCUT2D eigenvalue weighted by Crippen LogP contribution is 2.43. The molecule has 1 heterocycles. The topological polar surface area (TPSA) is 57.2 Å². The molecule has 3 aromatic carbocycles. The molecule has 1 aliphatic heterocycles. The minimum absolute atomic E-state index is 0.0276. The lowest BCUT2D eigenvalue weighted by Gasteiger charge is -2.46. The van der Waals surface area contributed by atoms with Gasteiger partial charge in [0.05, 0.1) is 39.5 Å². The Kier molecular flexibility index (Phi) is 9.55. The fourth-order valence-corrected chi connectivity index (χ4v) is 5.16. The van der Waals surface area contributed by atoms with Crippen LogP contribution in [0.15, 0.2) is 66.7 Å². The summed E-state index contributed by atoms with van der Waals surface area (Å²) in [6.45, 7) is 4.89. The van der Waals surface area contributed by atoms with Gasteiger partial charge < -0.3 is 23.8 Å². The van der Waals surface area contributed by atoms with Crippen LogP contribution in [0.4, 0.5) is 0 Å². The van der Waals surface area contributed by atoms with Gasteiger partial charge >= 0.3 is 0 Å². The number of benzene rings is 3. The predicted octanol–water partition coefficient (Wildman–Crippen LogP) is 6.89. The number of rotatable bonds is 10. The second-order valence-electron chi connectivity index (χ2n) is 9.60. The van der Waals surface area contributed by atoms with Crippen LogP contribution >= 0.6 is 23.2 Å². The number of carbonyl (C=O) groups is 1. The van der Waals surface area contributed by atoms with Gasteiger partial charge in [0, 0.05) is 10.0 Å².